The molecular weight excluding hydrogens is 228 g/mol. The average molecular weight is 250 g/mol. The summed E-state index contributed by atoms with van der Waals surface area (Å²) in [5.41, 5.74) is 7.92. The highest BCUT2D eigenvalue weighted by Crippen LogP contribution is 2.31. The molecule has 0 saturated carbocycles. The fraction of sp³-hybridized carbons (Fsp3) is 0.571. The van der Waals surface area contributed by atoms with E-state index in [0.29, 0.717) is 5.92 Å². The number of hydrogen-bond acceptors (Lipinski definition) is 4. The first kappa shape index (κ1) is 13.0. The van der Waals surface area contributed by atoms with E-state index in [1.54, 1.807) is 7.11 Å². The third kappa shape index (κ3) is 2.88. The van der Waals surface area contributed by atoms with Gasteiger partial charge in [-0.05, 0) is 37.3 Å². The zero-order chi connectivity index (χ0) is 13.0. The van der Waals surface area contributed by atoms with E-state index >= 15 is 0 Å². The van der Waals surface area contributed by atoms with Crippen LogP contribution in [0.25, 0.3) is 0 Å². The maximum atomic E-state index is 9.04. The first-order valence-electron chi connectivity index (χ1n) is 6.54. The molecule has 1 aromatic rings. The maximum Gasteiger partial charge on any atom is 0.121 e. The van der Waals surface area contributed by atoms with E-state index in [0.717, 1.165) is 43.1 Å². The van der Waals surface area contributed by atoms with Gasteiger partial charge in [-0.2, -0.15) is 0 Å². The molecule has 1 unspecified atom stereocenters. The van der Waals surface area contributed by atoms with E-state index in [2.05, 4.69) is 4.90 Å². The van der Waals surface area contributed by atoms with E-state index < -0.39 is 0 Å². The highest BCUT2D eigenvalue weighted by atomic mass is 16.5. The zero-order valence-electron chi connectivity index (χ0n) is 10.9. The fourth-order valence-corrected chi connectivity index (χ4v) is 2.65. The van der Waals surface area contributed by atoms with Crippen LogP contribution in [0.15, 0.2) is 18.2 Å². The lowest BCUT2D eigenvalue weighted by atomic mass is 9.94. The van der Waals surface area contributed by atoms with Crippen LogP contribution in [0.5, 0.6) is 5.75 Å². The summed E-state index contributed by atoms with van der Waals surface area (Å²) in [4.78, 5) is 2.32. The Bertz CT molecular complexity index is 393. The summed E-state index contributed by atoms with van der Waals surface area (Å²) in [6.07, 6.45) is 3.25. The Balaban J connectivity index is 2.10. The summed E-state index contributed by atoms with van der Waals surface area (Å²) >= 11 is 0. The normalized spacial score (nSPS) is 19.9. The number of methoxy groups -OCH3 is 1. The number of anilines is 2. The van der Waals surface area contributed by atoms with Gasteiger partial charge in [0.2, 0.25) is 0 Å². The second kappa shape index (κ2) is 5.96. The molecule has 0 spiro atoms. The van der Waals surface area contributed by atoms with Gasteiger partial charge in [-0.25, -0.2) is 0 Å². The summed E-state index contributed by atoms with van der Waals surface area (Å²) in [7, 11) is 1.65. The van der Waals surface area contributed by atoms with Gasteiger partial charge in [0, 0.05) is 25.8 Å². The predicted molar refractivity (Wildman–Crippen MR) is 74.0 cm³/mol. The van der Waals surface area contributed by atoms with Gasteiger partial charge >= 0.3 is 0 Å². The van der Waals surface area contributed by atoms with E-state index in [-0.39, 0.29) is 6.61 Å². The van der Waals surface area contributed by atoms with Crippen molar-refractivity contribution in [3.63, 3.8) is 0 Å². The van der Waals surface area contributed by atoms with Gasteiger partial charge in [0.1, 0.15) is 5.75 Å². The van der Waals surface area contributed by atoms with Crippen molar-refractivity contribution in [1.82, 2.24) is 0 Å². The number of aliphatic hydroxyl groups is 1. The standard InChI is InChI=1S/C14H22N2O2/c1-18-12-4-5-14(13(15)9-12)16-7-2-3-11(10-16)6-8-17/h4-5,9,11,17H,2-3,6-8,10,15H2,1H3. The summed E-state index contributed by atoms with van der Waals surface area (Å²) in [5.74, 6) is 1.37. The lowest BCUT2D eigenvalue weighted by molar-refractivity contribution is 0.244. The van der Waals surface area contributed by atoms with Gasteiger partial charge in [0.05, 0.1) is 18.5 Å². The molecule has 1 heterocycles. The van der Waals surface area contributed by atoms with Crippen molar-refractivity contribution >= 4 is 11.4 Å². The number of nitrogens with zero attached hydrogens (tertiary/aromatic N) is 1. The first-order chi connectivity index (χ1) is 8.74. The van der Waals surface area contributed by atoms with Gasteiger partial charge < -0.3 is 20.5 Å². The Labute approximate surface area is 108 Å². The maximum absolute atomic E-state index is 9.04. The summed E-state index contributed by atoms with van der Waals surface area (Å²) in [5, 5.41) is 9.04. The molecule has 100 valence electrons. The molecule has 0 amide bonds. The molecule has 18 heavy (non-hydrogen) atoms. The van der Waals surface area contributed by atoms with E-state index in [1.807, 2.05) is 18.2 Å². The van der Waals surface area contributed by atoms with Crippen LogP contribution in [0.4, 0.5) is 11.4 Å². The molecule has 0 aliphatic carbocycles. The molecule has 1 aliphatic heterocycles. The summed E-state index contributed by atoms with van der Waals surface area (Å²) in [6.45, 7) is 2.30. The van der Waals surface area contributed by atoms with Crippen LogP contribution in [0, 0.1) is 5.92 Å². The minimum absolute atomic E-state index is 0.274. The quantitative estimate of drug-likeness (QED) is 0.801. The van der Waals surface area contributed by atoms with E-state index in [1.165, 1.54) is 6.42 Å². The zero-order valence-corrected chi connectivity index (χ0v) is 10.9. The molecule has 1 saturated heterocycles. The van der Waals surface area contributed by atoms with Gasteiger partial charge in [-0.15, -0.1) is 0 Å². The molecule has 4 heteroatoms. The largest absolute Gasteiger partial charge is 0.497 e. The van der Waals surface area contributed by atoms with Crippen molar-refractivity contribution in [2.45, 2.75) is 19.3 Å². The van der Waals surface area contributed by atoms with Gasteiger partial charge in [0.25, 0.3) is 0 Å². The fourth-order valence-electron chi connectivity index (χ4n) is 2.65. The van der Waals surface area contributed by atoms with Gasteiger partial charge in [-0.1, -0.05) is 0 Å². The molecular formula is C14H22N2O2. The Hall–Kier alpha value is -1.42. The molecule has 1 aliphatic rings. The van der Waals surface area contributed by atoms with Crippen molar-refractivity contribution in [1.29, 1.82) is 0 Å². The van der Waals surface area contributed by atoms with Crippen LogP contribution in [-0.2, 0) is 0 Å². The number of aliphatic hydroxyl groups excluding tert-OH is 1. The topological polar surface area (TPSA) is 58.7 Å². The molecule has 1 fully saturated rings. The molecule has 0 bridgehead atoms. The minimum Gasteiger partial charge on any atom is -0.497 e. The third-order valence-electron chi connectivity index (χ3n) is 3.63. The smallest absolute Gasteiger partial charge is 0.121 e. The van der Waals surface area contributed by atoms with Crippen molar-refractivity contribution in [2.75, 3.05) is 37.4 Å². The van der Waals surface area contributed by atoms with Crippen LogP contribution >= 0.6 is 0 Å². The monoisotopic (exact) mass is 250 g/mol. The highest BCUT2D eigenvalue weighted by Gasteiger charge is 2.21. The number of nitrogens with two attached hydrogens (primary N) is 1. The van der Waals surface area contributed by atoms with Crippen molar-refractivity contribution < 1.29 is 9.84 Å². The third-order valence-corrected chi connectivity index (χ3v) is 3.63. The van der Waals surface area contributed by atoms with E-state index in [4.69, 9.17) is 15.6 Å². The lowest BCUT2D eigenvalue weighted by Crippen LogP contribution is -2.36. The SMILES string of the molecule is COc1ccc(N2CCCC(CCO)C2)c(N)c1. The molecule has 4 nitrogen and oxygen atoms in total. The van der Waals surface area contributed by atoms with Gasteiger partial charge in [0.15, 0.2) is 0 Å². The lowest BCUT2D eigenvalue weighted by Gasteiger charge is -2.35. The summed E-state index contributed by atoms with van der Waals surface area (Å²) < 4.78 is 5.17. The molecule has 1 aromatic carbocycles. The Kier molecular flexibility index (Phi) is 4.31. The number of nitrogen functional groups attached to an aromatic ring is 1. The van der Waals surface area contributed by atoms with E-state index in [9.17, 15) is 0 Å². The van der Waals surface area contributed by atoms with Crippen LogP contribution in [0.1, 0.15) is 19.3 Å². The second-order valence-corrected chi connectivity index (χ2v) is 4.89. The Morgan fingerprint density at radius 3 is 3.00 bits per heavy atom. The van der Waals surface area contributed by atoms with Crippen molar-refractivity contribution in [3.8, 4) is 5.75 Å². The van der Waals surface area contributed by atoms with Gasteiger partial charge in [-0.3, -0.25) is 0 Å². The number of benzene rings is 1. The molecule has 1 atom stereocenters. The second-order valence-electron chi connectivity index (χ2n) is 4.89. The molecule has 2 rings (SSSR count). The van der Waals surface area contributed by atoms with Crippen molar-refractivity contribution in [2.24, 2.45) is 5.92 Å². The Morgan fingerprint density at radius 1 is 1.50 bits per heavy atom. The number of ether oxygens (including phenoxy) is 1. The van der Waals surface area contributed by atoms with Crippen LogP contribution < -0.4 is 15.4 Å². The first-order valence-corrected chi connectivity index (χ1v) is 6.54. The van der Waals surface area contributed by atoms with Crippen LogP contribution in [-0.4, -0.2) is 31.9 Å². The average Bonchev–Trinajstić information content (AvgIpc) is 2.39. The molecule has 0 aromatic heterocycles. The van der Waals surface area contributed by atoms with Crippen molar-refractivity contribution in [3.05, 3.63) is 18.2 Å². The number of rotatable bonds is 4. The van der Waals surface area contributed by atoms with Crippen LogP contribution in [0.3, 0.4) is 0 Å². The summed E-state index contributed by atoms with van der Waals surface area (Å²) in [6, 6.07) is 5.84. The van der Waals surface area contributed by atoms with Crippen LogP contribution in [0.2, 0.25) is 0 Å². The molecule has 0 radical (unpaired) electrons. The Morgan fingerprint density at radius 2 is 2.33 bits per heavy atom. The minimum atomic E-state index is 0.274. The number of hydrogen-bond donors (Lipinski definition) is 2. The predicted octanol–water partition coefficient (Wildman–Crippen LogP) is 1.88. The highest BCUT2D eigenvalue weighted by molar-refractivity contribution is 5.69. The number of piperidine rings is 1. The molecule has 3 N–H and O–H groups in total.